The van der Waals surface area contributed by atoms with Gasteiger partial charge in [0.25, 0.3) is 5.91 Å². The highest BCUT2D eigenvalue weighted by Crippen LogP contribution is 2.36. The third kappa shape index (κ3) is 5.50. The van der Waals surface area contributed by atoms with Gasteiger partial charge in [-0.2, -0.15) is 13.2 Å². The van der Waals surface area contributed by atoms with Gasteiger partial charge in [0.15, 0.2) is 10.9 Å². The molecule has 1 N–H and O–H groups in total. The molecule has 0 saturated carbocycles. The molecule has 5 rings (SSSR count). The molecule has 0 atom stereocenters. The summed E-state index contributed by atoms with van der Waals surface area (Å²) in [6, 6.07) is 11.8. The average Bonchev–Trinajstić information content (AvgIpc) is 3.38. The van der Waals surface area contributed by atoms with Crippen LogP contribution in [0.25, 0.3) is 11.3 Å². The Hall–Kier alpha value is -3.90. The Kier molecular flexibility index (Phi) is 7.34. The number of hydrazine groups is 1. The van der Waals surface area contributed by atoms with Crippen LogP contribution in [0.2, 0.25) is 0 Å². The number of piperidine rings is 1. The van der Waals surface area contributed by atoms with E-state index in [0.717, 1.165) is 54.8 Å². The van der Waals surface area contributed by atoms with Gasteiger partial charge >= 0.3 is 6.18 Å². The van der Waals surface area contributed by atoms with Crippen LogP contribution in [-0.2, 0) is 6.18 Å². The zero-order valence-corrected chi connectivity index (χ0v) is 20.8. The molecule has 0 radical (unpaired) electrons. The standard InChI is InChI=1S/C26H22F4N6OS/c27-23-19(5-4-6-20(23)26(28,29)30)21-15-38-25(33-21)34-24(37)17-7-9-18(10-8-17)36(22-11-12-31-16-32-22)35-13-2-1-3-14-35/h4-12,15-16H,1-3,13-14H2,(H,33,34,37). The molecule has 12 heteroatoms. The number of rotatable bonds is 6. The first-order valence-corrected chi connectivity index (χ1v) is 12.7. The first-order chi connectivity index (χ1) is 18.3. The molecule has 0 unspecified atom stereocenters. The highest BCUT2D eigenvalue weighted by atomic mass is 32.1. The Morgan fingerprint density at radius 3 is 2.47 bits per heavy atom. The van der Waals surface area contributed by atoms with Crippen LogP contribution in [0.3, 0.4) is 0 Å². The van der Waals surface area contributed by atoms with E-state index in [4.69, 9.17) is 0 Å². The Balaban J connectivity index is 1.33. The highest BCUT2D eigenvalue weighted by molar-refractivity contribution is 7.14. The lowest BCUT2D eigenvalue weighted by Crippen LogP contribution is -2.43. The molecule has 3 heterocycles. The topological polar surface area (TPSA) is 74.2 Å². The number of aromatic nitrogens is 3. The minimum Gasteiger partial charge on any atom is -0.298 e. The van der Waals surface area contributed by atoms with Gasteiger partial charge in [-0.25, -0.2) is 24.4 Å². The molecule has 196 valence electrons. The number of nitrogens with zero attached hydrogens (tertiary/aromatic N) is 5. The number of halogens is 4. The van der Waals surface area contributed by atoms with Crippen LogP contribution in [-0.4, -0.2) is 39.0 Å². The van der Waals surface area contributed by atoms with E-state index in [0.29, 0.717) is 11.6 Å². The predicted octanol–water partition coefficient (Wildman–Crippen LogP) is 6.55. The van der Waals surface area contributed by atoms with Gasteiger partial charge in [0.1, 0.15) is 12.1 Å². The molecule has 4 aromatic rings. The third-order valence-corrected chi connectivity index (χ3v) is 6.84. The van der Waals surface area contributed by atoms with Gasteiger partial charge in [-0.05, 0) is 49.2 Å². The molecule has 0 spiro atoms. The van der Waals surface area contributed by atoms with Crippen LogP contribution in [0.1, 0.15) is 35.2 Å². The summed E-state index contributed by atoms with van der Waals surface area (Å²) < 4.78 is 53.7. The van der Waals surface area contributed by atoms with E-state index < -0.39 is 23.5 Å². The normalized spacial score (nSPS) is 14.3. The molecule has 2 aromatic carbocycles. The van der Waals surface area contributed by atoms with Crippen molar-refractivity contribution in [3.63, 3.8) is 0 Å². The SMILES string of the molecule is O=C(Nc1nc(-c2cccc(C(F)(F)F)c2F)cs1)c1ccc(N(c2ccncn2)N2CCCCC2)cc1. The number of alkyl halides is 3. The second-order valence-electron chi connectivity index (χ2n) is 8.60. The maximum absolute atomic E-state index is 14.5. The van der Waals surface area contributed by atoms with Gasteiger partial charge in [0.2, 0.25) is 0 Å². The summed E-state index contributed by atoms with van der Waals surface area (Å²) in [7, 11) is 0. The zero-order valence-electron chi connectivity index (χ0n) is 20.0. The van der Waals surface area contributed by atoms with Gasteiger partial charge in [0, 0.05) is 41.9 Å². The van der Waals surface area contributed by atoms with Crippen LogP contribution in [0.4, 0.5) is 34.2 Å². The lowest BCUT2D eigenvalue weighted by molar-refractivity contribution is -0.139. The summed E-state index contributed by atoms with van der Waals surface area (Å²) in [5.74, 6) is -1.13. The molecule has 1 saturated heterocycles. The number of nitrogens with one attached hydrogen (secondary N) is 1. The summed E-state index contributed by atoms with van der Waals surface area (Å²) in [5.41, 5.74) is -0.459. The van der Waals surface area contributed by atoms with Crippen molar-refractivity contribution in [2.45, 2.75) is 25.4 Å². The number of hydrogen-bond acceptors (Lipinski definition) is 7. The molecular formula is C26H22F4N6OS. The molecule has 38 heavy (non-hydrogen) atoms. The minimum absolute atomic E-state index is 0.00581. The summed E-state index contributed by atoms with van der Waals surface area (Å²) >= 11 is 0.993. The van der Waals surface area contributed by atoms with Crippen molar-refractivity contribution in [1.29, 1.82) is 0 Å². The second kappa shape index (κ2) is 10.8. The third-order valence-electron chi connectivity index (χ3n) is 6.08. The van der Waals surface area contributed by atoms with Crippen molar-refractivity contribution in [3.8, 4) is 11.3 Å². The van der Waals surface area contributed by atoms with E-state index in [-0.39, 0.29) is 16.4 Å². The van der Waals surface area contributed by atoms with Crippen LogP contribution < -0.4 is 10.3 Å². The van der Waals surface area contributed by atoms with Crippen molar-refractivity contribution in [3.05, 3.63) is 83.4 Å². The monoisotopic (exact) mass is 542 g/mol. The fourth-order valence-corrected chi connectivity index (χ4v) is 4.96. The highest BCUT2D eigenvalue weighted by Gasteiger charge is 2.35. The predicted molar refractivity (Wildman–Crippen MR) is 137 cm³/mol. The average molecular weight is 543 g/mol. The number of anilines is 3. The maximum Gasteiger partial charge on any atom is 0.419 e. The van der Waals surface area contributed by atoms with Crippen LogP contribution in [0.5, 0.6) is 0 Å². The molecule has 1 aliphatic heterocycles. The minimum atomic E-state index is -4.82. The number of benzene rings is 2. The first-order valence-electron chi connectivity index (χ1n) is 11.9. The summed E-state index contributed by atoms with van der Waals surface area (Å²) in [5, 5.41) is 8.40. The molecular weight excluding hydrogens is 520 g/mol. The number of carbonyl (C=O) groups is 1. The Labute approximate surface area is 219 Å². The van der Waals surface area contributed by atoms with E-state index in [1.165, 1.54) is 24.2 Å². The Bertz CT molecular complexity index is 1410. The van der Waals surface area contributed by atoms with E-state index in [9.17, 15) is 22.4 Å². The lowest BCUT2D eigenvalue weighted by Gasteiger charge is -2.38. The summed E-state index contributed by atoms with van der Waals surface area (Å²) in [6.45, 7) is 1.76. The molecule has 1 amide bonds. The fourth-order valence-electron chi connectivity index (χ4n) is 4.25. The maximum atomic E-state index is 14.5. The summed E-state index contributed by atoms with van der Waals surface area (Å²) in [4.78, 5) is 25.4. The molecule has 1 fully saturated rings. The largest absolute Gasteiger partial charge is 0.419 e. The number of carbonyl (C=O) groups excluding carboxylic acids is 1. The van der Waals surface area contributed by atoms with Crippen LogP contribution in [0, 0.1) is 5.82 Å². The number of amides is 1. The van der Waals surface area contributed by atoms with Gasteiger partial charge in [-0.3, -0.25) is 15.1 Å². The number of hydrogen-bond donors (Lipinski definition) is 1. The van der Waals surface area contributed by atoms with Gasteiger partial charge in [-0.15, -0.1) is 11.3 Å². The quantitative estimate of drug-likeness (QED) is 0.279. The molecule has 0 aliphatic carbocycles. The molecule has 1 aliphatic rings. The second-order valence-corrected chi connectivity index (χ2v) is 9.46. The summed E-state index contributed by atoms with van der Waals surface area (Å²) in [6.07, 6.45) is 1.66. The van der Waals surface area contributed by atoms with Gasteiger partial charge in [0.05, 0.1) is 16.9 Å². The van der Waals surface area contributed by atoms with E-state index in [1.54, 1.807) is 18.3 Å². The lowest BCUT2D eigenvalue weighted by atomic mass is 10.1. The van der Waals surface area contributed by atoms with E-state index in [1.807, 2.05) is 23.2 Å². The smallest absolute Gasteiger partial charge is 0.298 e. The van der Waals surface area contributed by atoms with Crippen molar-refractivity contribution < 1.29 is 22.4 Å². The van der Waals surface area contributed by atoms with Crippen molar-refractivity contribution >= 4 is 33.9 Å². The van der Waals surface area contributed by atoms with E-state index >= 15 is 0 Å². The first kappa shape index (κ1) is 25.7. The Morgan fingerprint density at radius 2 is 1.79 bits per heavy atom. The van der Waals surface area contributed by atoms with Gasteiger partial charge < -0.3 is 0 Å². The van der Waals surface area contributed by atoms with Crippen LogP contribution >= 0.6 is 11.3 Å². The molecule has 7 nitrogen and oxygen atoms in total. The Morgan fingerprint density at radius 1 is 1.03 bits per heavy atom. The van der Waals surface area contributed by atoms with E-state index in [2.05, 4.69) is 25.3 Å². The molecule has 0 bridgehead atoms. The fraction of sp³-hybridized carbons (Fsp3) is 0.231. The van der Waals surface area contributed by atoms with Crippen molar-refractivity contribution in [2.24, 2.45) is 0 Å². The molecule has 2 aromatic heterocycles. The van der Waals surface area contributed by atoms with Crippen molar-refractivity contribution in [1.82, 2.24) is 20.0 Å². The van der Waals surface area contributed by atoms with Gasteiger partial charge in [-0.1, -0.05) is 12.5 Å². The zero-order chi connectivity index (χ0) is 26.7. The van der Waals surface area contributed by atoms with Crippen molar-refractivity contribution in [2.75, 3.05) is 23.4 Å². The van der Waals surface area contributed by atoms with Crippen LogP contribution in [0.15, 0.2) is 66.4 Å². The number of thiazole rings is 1.